The largest absolute Gasteiger partial charge is 0.444 e. The molecule has 6 heteroatoms. The van der Waals surface area contributed by atoms with Gasteiger partial charge in [0, 0.05) is 6.54 Å². The molecule has 1 amide bonds. The molecule has 0 radical (unpaired) electrons. The van der Waals surface area contributed by atoms with Crippen molar-refractivity contribution in [3.05, 3.63) is 0 Å². The van der Waals surface area contributed by atoms with Gasteiger partial charge in [0.05, 0.1) is 19.4 Å². The highest BCUT2D eigenvalue weighted by atomic mass is 16.6. The van der Waals surface area contributed by atoms with Crippen molar-refractivity contribution < 1.29 is 19.1 Å². The molecule has 1 heterocycles. The number of ether oxygens (including phenoxy) is 2. The summed E-state index contributed by atoms with van der Waals surface area (Å²) in [5.74, 6) is -0.465. The van der Waals surface area contributed by atoms with Crippen LogP contribution < -0.4 is 0 Å². The van der Waals surface area contributed by atoms with Gasteiger partial charge in [-0.2, -0.15) is 0 Å². The highest BCUT2D eigenvalue weighted by molar-refractivity contribution is 6.30. The number of hydrogen-bond acceptors (Lipinski definition) is 5. The summed E-state index contributed by atoms with van der Waals surface area (Å²) in [4.78, 5) is 25.2. The molecule has 102 valence electrons. The summed E-state index contributed by atoms with van der Waals surface area (Å²) >= 11 is 0. The van der Waals surface area contributed by atoms with Gasteiger partial charge in [-0.25, -0.2) is 4.79 Å². The van der Waals surface area contributed by atoms with Crippen LogP contribution in [-0.2, 0) is 14.3 Å². The zero-order valence-electron chi connectivity index (χ0n) is 11.3. The minimum absolute atomic E-state index is 0.0838. The molecule has 0 bridgehead atoms. The fraction of sp³-hybridized carbons (Fsp3) is 0.750. The Kier molecular flexibility index (Phi) is 4.11. The minimum atomic E-state index is -1.15. The molecular weight excluding hydrogens is 236 g/mol. The Balaban J connectivity index is 2.92. The zero-order valence-corrected chi connectivity index (χ0v) is 11.3. The fourth-order valence-electron chi connectivity index (χ4n) is 1.72. The fourth-order valence-corrected chi connectivity index (χ4v) is 1.72. The van der Waals surface area contributed by atoms with E-state index in [1.54, 1.807) is 27.7 Å². The first-order valence-electron chi connectivity index (χ1n) is 5.84. The van der Waals surface area contributed by atoms with E-state index >= 15 is 0 Å². The van der Waals surface area contributed by atoms with Crippen LogP contribution in [0, 0.1) is 5.41 Å². The van der Waals surface area contributed by atoms with Crippen LogP contribution in [0.4, 0.5) is 4.79 Å². The third kappa shape index (κ3) is 3.07. The van der Waals surface area contributed by atoms with Gasteiger partial charge in [0.2, 0.25) is 5.78 Å². The summed E-state index contributed by atoms with van der Waals surface area (Å²) in [5, 5.41) is 7.07. The number of ketones is 1. The maximum absolute atomic E-state index is 12.1. The predicted octanol–water partition coefficient (Wildman–Crippen LogP) is 1.23. The Labute approximate surface area is 107 Å². The zero-order chi connectivity index (χ0) is 14.0. The van der Waals surface area contributed by atoms with Crippen molar-refractivity contribution in [2.75, 3.05) is 19.8 Å². The van der Waals surface area contributed by atoms with Crippen LogP contribution in [-0.4, -0.2) is 53.9 Å². The molecular formula is C12H20N2O4. The molecule has 0 aliphatic carbocycles. The lowest BCUT2D eigenvalue weighted by atomic mass is 9.94. The van der Waals surface area contributed by atoms with Gasteiger partial charge in [0.25, 0.3) is 0 Å². The molecule has 1 fully saturated rings. The van der Waals surface area contributed by atoms with Crippen molar-refractivity contribution >= 4 is 18.1 Å². The summed E-state index contributed by atoms with van der Waals surface area (Å²) < 4.78 is 10.5. The lowest BCUT2D eigenvalue weighted by Crippen LogP contribution is -2.62. The smallest absolute Gasteiger partial charge is 0.411 e. The molecule has 0 spiro atoms. The van der Waals surface area contributed by atoms with E-state index in [1.165, 1.54) is 4.90 Å². The molecule has 0 saturated carbocycles. The Bertz CT molecular complexity index is 362. The van der Waals surface area contributed by atoms with Crippen molar-refractivity contribution in [2.24, 2.45) is 0 Å². The number of nitrogens with zero attached hydrogens (tertiary/aromatic N) is 1. The number of rotatable bonds is 2. The van der Waals surface area contributed by atoms with Crippen LogP contribution in [0.15, 0.2) is 0 Å². The SMILES string of the molecule is CC(C)(C)OC(=O)N1CCOCC1(C)C(=O)C=N. The Morgan fingerprint density at radius 1 is 1.44 bits per heavy atom. The van der Waals surface area contributed by atoms with Crippen LogP contribution in [0.5, 0.6) is 0 Å². The summed E-state index contributed by atoms with van der Waals surface area (Å²) in [6.45, 7) is 7.61. The first-order valence-corrected chi connectivity index (χ1v) is 5.84. The van der Waals surface area contributed by atoms with Gasteiger partial charge in [0.15, 0.2) is 0 Å². The van der Waals surface area contributed by atoms with E-state index in [-0.39, 0.29) is 13.2 Å². The van der Waals surface area contributed by atoms with E-state index in [9.17, 15) is 9.59 Å². The van der Waals surface area contributed by atoms with Crippen molar-refractivity contribution in [3.63, 3.8) is 0 Å². The van der Waals surface area contributed by atoms with Gasteiger partial charge in [-0.05, 0) is 27.7 Å². The number of amides is 1. The predicted molar refractivity (Wildman–Crippen MR) is 66.0 cm³/mol. The molecule has 1 atom stereocenters. The van der Waals surface area contributed by atoms with E-state index in [2.05, 4.69) is 0 Å². The Hall–Kier alpha value is -1.43. The van der Waals surface area contributed by atoms with Crippen LogP contribution in [0.1, 0.15) is 27.7 Å². The molecule has 1 unspecified atom stereocenters. The highest BCUT2D eigenvalue weighted by Crippen LogP contribution is 2.23. The second-order valence-corrected chi connectivity index (χ2v) is 5.47. The number of carbonyl (C=O) groups is 2. The standard InChI is InChI=1S/C12H20N2O4/c1-11(2,3)18-10(16)14-5-6-17-8-12(14,4)9(15)7-13/h7,13H,5-6,8H2,1-4H3. The Morgan fingerprint density at radius 2 is 2.06 bits per heavy atom. The summed E-state index contributed by atoms with van der Waals surface area (Å²) in [6.07, 6.45) is 0.162. The third-order valence-electron chi connectivity index (χ3n) is 2.71. The number of Topliss-reactive ketones (excluding diaryl/α,β-unsaturated/α-hetero) is 1. The van der Waals surface area contributed by atoms with Crippen LogP contribution >= 0.6 is 0 Å². The number of nitrogens with one attached hydrogen (secondary N) is 1. The van der Waals surface area contributed by atoms with Crippen molar-refractivity contribution in [3.8, 4) is 0 Å². The van der Waals surface area contributed by atoms with Crippen LogP contribution in [0.3, 0.4) is 0 Å². The average Bonchev–Trinajstić information content (AvgIpc) is 2.26. The molecule has 0 aromatic rings. The van der Waals surface area contributed by atoms with Crippen LogP contribution in [0.2, 0.25) is 0 Å². The van der Waals surface area contributed by atoms with Gasteiger partial charge in [-0.15, -0.1) is 0 Å². The minimum Gasteiger partial charge on any atom is -0.444 e. The topological polar surface area (TPSA) is 79.7 Å². The number of hydrogen-bond donors (Lipinski definition) is 1. The molecule has 18 heavy (non-hydrogen) atoms. The normalized spacial score (nSPS) is 24.6. The molecule has 1 aliphatic rings. The quantitative estimate of drug-likeness (QED) is 0.754. The van der Waals surface area contributed by atoms with Gasteiger partial charge in [-0.1, -0.05) is 0 Å². The third-order valence-corrected chi connectivity index (χ3v) is 2.71. The summed E-state index contributed by atoms with van der Waals surface area (Å²) in [5.41, 5.74) is -1.77. The molecule has 1 rings (SSSR count). The number of morpholine rings is 1. The lowest BCUT2D eigenvalue weighted by Gasteiger charge is -2.42. The van der Waals surface area contributed by atoms with E-state index in [0.29, 0.717) is 12.8 Å². The maximum Gasteiger partial charge on any atom is 0.411 e. The first-order chi connectivity index (χ1) is 8.20. The first kappa shape index (κ1) is 14.6. The molecule has 1 N–H and O–H groups in total. The van der Waals surface area contributed by atoms with Crippen LogP contribution in [0.25, 0.3) is 0 Å². The van der Waals surface area contributed by atoms with Crippen molar-refractivity contribution in [1.29, 1.82) is 5.41 Å². The monoisotopic (exact) mass is 256 g/mol. The Morgan fingerprint density at radius 3 is 2.56 bits per heavy atom. The molecule has 1 saturated heterocycles. The van der Waals surface area contributed by atoms with E-state index in [4.69, 9.17) is 14.9 Å². The maximum atomic E-state index is 12.1. The van der Waals surface area contributed by atoms with E-state index < -0.39 is 23.0 Å². The van der Waals surface area contributed by atoms with Crippen molar-refractivity contribution in [2.45, 2.75) is 38.8 Å². The van der Waals surface area contributed by atoms with Gasteiger partial charge in [-0.3, -0.25) is 9.69 Å². The number of carbonyl (C=O) groups excluding carboxylic acids is 2. The van der Waals surface area contributed by atoms with Gasteiger partial charge < -0.3 is 14.9 Å². The molecule has 0 aromatic carbocycles. The van der Waals surface area contributed by atoms with E-state index in [0.717, 1.165) is 0 Å². The van der Waals surface area contributed by atoms with Gasteiger partial charge >= 0.3 is 6.09 Å². The van der Waals surface area contributed by atoms with Gasteiger partial charge in [0.1, 0.15) is 11.1 Å². The average molecular weight is 256 g/mol. The highest BCUT2D eigenvalue weighted by Gasteiger charge is 2.45. The second-order valence-electron chi connectivity index (χ2n) is 5.47. The molecule has 6 nitrogen and oxygen atoms in total. The van der Waals surface area contributed by atoms with Crippen molar-refractivity contribution in [1.82, 2.24) is 4.90 Å². The molecule has 0 aromatic heterocycles. The lowest BCUT2D eigenvalue weighted by molar-refractivity contribution is -0.133. The second kappa shape index (κ2) is 5.06. The van der Waals surface area contributed by atoms with E-state index in [1.807, 2.05) is 0 Å². The summed E-state index contributed by atoms with van der Waals surface area (Å²) in [7, 11) is 0. The molecule has 1 aliphatic heterocycles. The summed E-state index contributed by atoms with van der Waals surface area (Å²) in [6, 6.07) is 0.